The molecule has 1 aromatic carbocycles. The van der Waals surface area contributed by atoms with Gasteiger partial charge in [-0.15, -0.1) is 0 Å². The van der Waals surface area contributed by atoms with Crippen molar-refractivity contribution in [3.63, 3.8) is 0 Å². The van der Waals surface area contributed by atoms with E-state index in [1.54, 1.807) is 16.7 Å². The normalized spacial score (nSPS) is 21.4. The van der Waals surface area contributed by atoms with Crippen LogP contribution in [0.3, 0.4) is 0 Å². The van der Waals surface area contributed by atoms with E-state index >= 15 is 0 Å². The Morgan fingerprint density at radius 2 is 2.14 bits per heavy atom. The summed E-state index contributed by atoms with van der Waals surface area (Å²) < 4.78 is 6.10. The standard InChI is InChI=1S/C19H28N2O/c1-2-10-21-11-12-22-17-13-15-6-8-20-9-7-16(15)18(19(17)21)14-4-3-5-14/h13-14,20H,2-12H2,1H3. The minimum atomic E-state index is 0.780. The van der Waals surface area contributed by atoms with Gasteiger partial charge in [-0.1, -0.05) is 13.3 Å². The highest BCUT2D eigenvalue weighted by Gasteiger charge is 2.32. The summed E-state index contributed by atoms with van der Waals surface area (Å²) in [5.41, 5.74) is 6.32. The van der Waals surface area contributed by atoms with E-state index in [-0.39, 0.29) is 0 Å². The van der Waals surface area contributed by atoms with Crippen LogP contribution in [-0.2, 0) is 12.8 Å². The maximum absolute atomic E-state index is 6.10. The van der Waals surface area contributed by atoms with E-state index in [2.05, 4.69) is 23.2 Å². The van der Waals surface area contributed by atoms with Crippen molar-refractivity contribution in [2.75, 3.05) is 37.7 Å². The van der Waals surface area contributed by atoms with Crippen molar-refractivity contribution < 1.29 is 4.74 Å². The summed E-state index contributed by atoms with van der Waals surface area (Å²) in [6.07, 6.45) is 7.69. The van der Waals surface area contributed by atoms with Crippen LogP contribution in [0.5, 0.6) is 5.75 Å². The molecule has 1 saturated carbocycles. The van der Waals surface area contributed by atoms with Crippen LogP contribution >= 0.6 is 0 Å². The second kappa shape index (κ2) is 6.11. The molecule has 1 N–H and O–H groups in total. The number of rotatable bonds is 3. The third kappa shape index (κ3) is 2.40. The Bertz CT molecular complexity index is 551. The van der Waals surface area contributed by atoms with E-state index in [4.69, 9.17) is 4.74 Å². The summed E-state index contributed by atoms with van der Waals surface area (Å²) in [6.45, 7) is 7.57. The molecule has 2 aliphatic heterocycles. The van der Waals surface area contributed by atoms with E-state index in [0.717, 1.165) is 45.1 Å². The molecule has 4 rings (SSSR count). The molecule has 0 atom stereocenters. The maximum Gasteiger partial charge on any atom is 0.143 e. The highest BCUT2D eigenvalue weighted by molar-refractivity contribution is 5.70. The lowest BCUT2D eigenvalue weighted by atomic mass is 9.75. The van der Waals surface area contributed by atoms with Crippen molar-refractivity contribution in [3.8, 4) is 5.75 Å². The average Bonchev–Trinajstić information content (AvgIpc) is 2.71. The molecule has 1 aromatic rings. The van der Waals surface area contributed by atoms with E-state index in [0.29, 0.717) is 0 Å². The molecule has 22 heavy (non-hydrogen) atoms. The van der Waals surface area contributed by atoms with Crippen molar-refractivity contribution >= 4 is 5.69 Å². The number of nitrogens with one attached hydrogen (secondary N) is 1. The van der Waals surface area contributed by atoms with Crippen molar-refractivity contribution in [2.45, 2.75) is 51.4 Å². The fourth-order valence-corrected chi connectivity index (χ4v) is 4.29. The number of anilines is 1. The monoisotopic (exact) mass is 300 g/mol. The predicted octanol–water partition coefficient (Wildman–Crippen LogP) is 3.25. The molecule has 2 heterocycles. The minimum Gasteiger partial charge on any atom is -0.490 e. The zero-order valence-corrected chi connectivity index (χ0v) is 13.8. The van der Waals surface area contributed by atoms with Gasteiger partial charge in [0.2, 0.25) is 0 Å². The van der Waals surface area contributed by atoms with Gasteiger partial charge in [-0.25, -0.2) is 0 Å². The first-order valence-corrected chi connectivity index (χ1v) is 9.15. The molecule has 0 bridgehead atoms. The lowest BCUT2D eigenvalue weighted by Gasteiger charge is -2.39. The van der Waals surface area contributed by atoms with E-state index in [9.17, 15) is 0 Å². The molecule has 1 aliphatic carbocycles. The van der Waals surface area contributed by atoms with Crippen molar-refractivity contribution in [1.82, 2.24) is 5.32 Å². The van der Waals surface area contributed by atoms with Crippen molar-refractivity contribution in [2.24, 2.45) is 0 Å². The molecular weight excluding hydrogens is 272 g/mol. The van der Waals surface area contributed by atoms with Gasteiger partial charge in [0.1, 0.15) is 12.4 Å². The zero-order chi connectivity index (χ0) is 14.9. The SMILES string of the molecule is CCCN1CCOc2cc3c(c(C4CCC4)c21)CCNCC3. The van der Waals surface area contributed by atoms with Crippen molar-refractivity contribution in [1.29, 1.82) is 0 Å². The van der Waals surface area contributed by atoms with Gasteiger partial charge in [0, 0.05) is 6.54 Å². The van der Waals surface area contributed by atoms with Crippen LogP contribution in [-0.4, -0.2) is 32.8 Å². The summed E-state index contributed by atoms with van der Waals surface area (Å²) in [7, 11) is 0. The second-order valence-electron chi connectivity index (χ2n) is 6.99. The molecule has 0 saturated heterocycles. The number of hydrogen-bond donors (Lipinski definition) is 1. The molecular formula is C19H28N2O. The lowest BCUT2D eigenvalue weighted by molar-refractivity contribution is 0.304. The molecule has 3 heteroatoms. The summed E-state index contributed by atoms with van der Waals surface area (Å²) in [5, 5.41) is 3.57. The second-order valence-corrected chi connectivity index (χ2v) is 6.99. The van der Waals surface area contributed by atoms with Crippen LogP contribution in [0.15, 0.2) is 6.07 Å². The van der Waals surface area contributed by atoms with Crippen LogP contribution in [0, 0.1) is 0 Å². The molecule has 0 aromatic heterocycles. The van der Waals surface area contributed by atoms with Gasteiger partial charge in [0.15, 0.2) is 0 Å². The Morgan fingerprint density at radius 3 is 2.91 bits per heavy atom. The van der Waals surface area contributed by atoms with Gasteiger partial charge in [0.25, 0.3) is 0 Å². The first kappa shape index (κ1) is 14.4. The Balaban J connectivity index is 1.86. The first-order chi connectivity index (χ1) is 10.9. The predicted molar refractivity (Wildman–Crippen MR) is 91.3 cm³/mol. The number of ether oxygens (including phenoxy) is 1. The highest BCUT2D eigenvalue weighted by Crippen LogP contribution is 2.49. The van der Waals surface area contributed by atoms with Gasteiger partial charge < -0.3 is 15.0 Å². The zero-order valence-electron chi connectivity index (χ0n) is 13.8. The lowest BCUT2D eigenvalue weighted by Crippen LogP contribution is -2.35. The fourth-order valence-electron chi connectivity index (χ4n) is 4.29. The molecule has 120 valence electrons. The number of nitrogens with zero attached hydrogens (tertiary/aromatic N) is 1. The molecule has 0 spiro atoms. The molecule has 0 radical (unpaired) electrons. The first-order valence-electron chi connectivity index (χ1n) is 9.15. The molecule has 1 fully saturated rings. The Hall–Kier alpha value is -1.22. The number of fused-ring (bicyclic) bond motifs is 2. The van der Waals surface area contributed by atoms with Crippen LogP contribution in [0.1, 0.15) is 55.2 Å². The Kier molecular flexibility index (Phi) is 4.00. The van der Waals surface area contributed by atoms with E-state index in [1.807, 2.05) is 0 Å². The van der Waals surface area contributed by atoms with E-state index in [1.165, 1.54) is 43.5 Å². The van der Waals surface area contributed by atoms with Crippen LogP contribution < -0.4 is 15.0 Å². The quantitative estimate of drug-likeness (QED) is 0.927. The van der Waals surface area contributed by atoms with Gasteiger partial charge in [-0.3, -0.25) is 0 Å². The molecule has 3 aliphatic rings. The molecule has 0 amide bonds. The highest BCUT2D eigenvalue weighted by atomic mass is 16.5. The molecule has 0 unspecified atom stereocenters. The number of benzene rings is 1. The Labute approximate surface area is 134 Å². The Morgan fingerprint density at radius 1 is 1.27 bits per heavy atom. The summed E-state index contributed by atoms with van der Waals surface area (Å²) in [4.78, 5) is 2.60. The topological polar surface area (TPSA) is 24.5 Å². The van der Waals surface area contributed by atoms with Crippen LogP contribution in [0.4, 0.5) is 5.69 Å². The largest absolute Gasteiger partial charge is 0.490 e. The van der Waals surface area contributed by atoms with Gasteiger partial charge in [-0.05, 0) is 73.9 Å². The third-order valence-corrected chi connectivity index (χ3v) is 5.57. The van der Waals surface area contributed by atoms with Gasteiger partial charge >= 0.3 is 0 Å². The van der Waals surface area contributed by atoms with E-state index < -0.39 is 0 Å². The summed E-state index contributed by atoms with van der Waals surface area (Å²) in [6, 6.07) is 2.36. The van der Waals surface area contributed by atoms with Crippen molar-refractivity contribution in [3.05, 3.63) is 22.8 Å². The fraction of sp³-hybridized carbons (Fsp3) is 0.684. The third-order valence-electron chi connectivity index (χ3n) is 5.57. The van der Waals surface area contributed by atoms with Gasteiger partial charge in [0.05, 0.1) is 12.2 Å². The summed E-state index contributed by atoms with van der Waals surface area (Å²) in [5.74, 6) is 1.95. The van der Waals surface area contributed by atoms with Crippen LogP contribution in [0.25, 0.3) is 0 Å². The smallest absolute Gasteiger partial charge is 0.143 e. The van der Waals surface area contributed by atoms with Gasteiger partial charge in [-0.2, -0.15) is 0 Å². The number of hydrogen-bond acceptors (Lipinski definition) is 3. The maximum atomic E-state index is 6.10. The average molecular weight is 300 g/mol. The minimum absolute atomic E-state index is 0.780. The molecule has 3 nitrogen and oxygen atoms in total. The van der Waals surface area contributed by atoms with Crippen LogP contribution in [0.2, 0.25) is 0 Å². The summed E-state index contributed by atoms with van der Waals surface area (Å²) >= 11 is 0.